The molecule has 0 radical (unpaired) electrons. The van der Waals surface area contributed by atoms with Crippen molar-refractivity contribution < 1.29 is 4.79 Å². The van der Waals surface area contributed by atoms with Crippen LogP contribution in [0.25, 0.3) is 11.4 Å². The molecule has 1 atom stereocenters. The van der Waals surface area contributed by atoms with Gasteiger partial charge in [0, 0.05) is 16.6 Å². The first-order chi connectivity index (χ1) is 13.6. The second-order valence-electron chi connectivity index (χ2n) is 6.93. The van der Waals surface area contributed by atoms with Crippen LogP contribution < -0.4 is 5.32 Å². The van der Waals surface area contributed by atoms with Gasteiger partial charge in [-0.15, -0.1) is 10.2 Å². The number of amides is 1. The van der Waals surface area contributed by atoms with Gasteiger partial charge in [-0.05, 0) is 49.6 Å². The molecular weight excluding hydrogens is 392 g/mol. The molecule has 0 saturated heterocycles. The Morgan fingerprint density at radius 1 is 1.18 bits per heavy atom. The van der Waals surface area contributed by atoms with E-state index in [2.05, 4.69) is 32.2 Å². The van der Waals surface area contributed by atoms with Crippen LogP contribution in [0.15, 0.2) is 59.8 Å². The highest BCUT2D eigenvalue weighted by Crippen LogP contribution is 2.29. The van der Waals surface area contributed by atoms with Gasteiger partial charge in [-0.2, -0.15) is 0 Å². The number of nitrogens with one attached hydrogen (secondary N) is 1. The van der Waals surface area contributed by atoms with E-state index in [1.165, 1.54) is 11.8 Å². The summed E-state index contributed by atoms with van der Waals surface area (Å²) in [6.07, 6.45) is 2.15. The number of carbonyl (C=O) groups excluding carboxylic acids is 1. The second kappa shape index (κ2) is 8.37. The number of halogens is 1. The molecule has 1 fully saturated rings. The van der Waals surface area contributed by atoms with Gasteiger partial charge in [0.15, 0.2) is 11.0 Å². The van der Waals surface area contributed by atoms with Crippen LogP contribution in [0.3, 0.4) is 0 Å². The normalized spacial score (nSPS) is 14.6. The summed E-state index contributed by atoms with van der Waals surface area (Å²) < 4.78 is 2.06. The minimum atomic E-state index is -0.239. The summed E-state index contributed by atoms with van der Waals surface area (Å²) in [4.78, 5) is 12.4. The minimum Gasteiger partial charge on any atom is -0.352 e. The van der Waals surface area contributed by atoms with Crippen molar-refractivity contribution in [3.63, 3.8) is 0 Å². The molecule has 5 nitrogen and oxygen atoms in total. The Hall–Kier alpha value is -2.31. The van der Waals surface area contributed by atoms with E-state index < -0.39 is 0 Å². The molecule has 0 spiro atoms. The SMILES string of the molecule is C[C@H](Sc1nnc(-c2ccc(Cl)cc2)n1Cc1ccccc1)C(=O)NC1CC1. The van der Waals surface area contributed by atoms with E-state index in [9.17, 15) is 4.79 Å². The van der Waals surface area contributed by atoms with Crippen LogP contribution >= 0.6 is 23.4 Å². The Morgan fingerprint density at radius 3 is 2.57 bits per heavy atom. The molecule has 2 aromatic carbocycles. The van der Waals surface area contributed by atoms with E-state index in [0.717, 1.165) is 34.9 Å². The van der Waals surface area contributed by atoms with Crippen molar-refractivity contribution in [2.75, 3.05) is 0 Å². The third-order valence-electron chi connectivity index (χ3n) is 4.58. The number of nitrogens with zero attached hydrogens (tertiary/aromatic N) is 3. The smallest absolute Gasteiger partial charge is 0.233 e. The van der Waals surface area contributed by atoms with Gasteiger partial charge < -0.3 is 5.32 Å². The molecule has 1 amide bonds. The Morgan fingerprint density at radius 2 is 1.89 bits per heavy atom. The van der Waals surface area contributed by atoms with E-state index in [-0.39, 0.29) is 11.2 Å². The summed E-state index contributed by atoms with van der Waals surface area (Å²) >= 11 is 7.47. The Kier molecular flexibility index (Phi) is 5.69. The van der Waals surface area contributed by atoms with E-state index in [0.29, 0.717) is 17.6 Å². The van der Waals surface area contributed by atoms with E-state index >= 15 is 0 Å². The lowest BCUT2D eigenvalue weighted by Gasteiger charge is -2.14. The maximum Gasteiger partial charge on any atom is 0.233 e. The maximum atomic E-state index is 12.4. The van der Waals surface area contributed by atoms with Gasteiger partial charge in [0.05, 0.1) is 11.8 Å². The molecule has 1 N–H and O–H groups in total. The molecule has 0 bridgehead atoms. The maximum absolute atomic E-state index is 12.4. The van der Waals surface area contributed by atoms with Crippen LogP contribution in [0.2, 0.25) is 5.02 Å². The van der Waals surface area contributed by atoms with Crippen molar-refractivity contribution in [1.82, 2.24) is 20.1 Å². The zero-order chi connectivity index (χ0) is 19.5. The summed E-state index contributed by atoms with van der Waals surface area (Å²) in [5, 5.41) is 13.0. The van der Waals surface area contributed by atoms with Gasteiger partial charge in [-0.3, -0.25) is 9.36 Å². The van der Waals surface area contributed by atoms with Crippen LogP contribution in [0.4, 0.5) is 0 Å². The lowest BCUT2D eigenvalue weighted by molar-refractivity contribution is -0.120. The summed E-state index contributed by atoms with van der Waals surface area (Å²) in [7, 11) is 0. The first kappa shape index (κ1) is 19.0. The average Bonchev–Trinajstić information content (AvgIpc) is 3.44. The van der Waals surface area contributed by atoms with Crippen molar-refractivity contribution in [2.45, 2.75) is 42.8 Å². The van der Waals surface area contributed by atoms with Crippen LogP contribution in [0.5, 0.6) is 0 Å². The van der Waals surface area contributed by atoms with E-state index in [1.54, 1.807) is 0 Å². The quantitative estimate of drug-likeness (QED) is 0.584. The van der Waals surface area contributed by atoms with Gasteiger partial charge in [0.25, 0.3) is 0 Å². The third kappa shape index (κ3) is 4.56. The van der Waals surface area contributed by atoms with E-state index in [4.69, 9.17) is 11.6 Å². The summed E-state index contributed by atoms with van der Waals surface area (Å²) in [5.41, 5.74) is 2.09. The zero-order valence-corrected chi connectivity index (χ0v) is 17.1. The molecule has 1 aliphatic carbocycles. The van der Waals surface area contributed by atoms with Crippen molar-refractivity contribution in [2.24, 2.45) is 0 Å². The van der Waals surface area contributed by atoms with Crippen molar-refractivity contribution in [1.29, 1.82) is 0 Å². The van der Waals surface area contributed by atoms with Gasteiger partial charge in [0.1, 0.15) is 0 Å². The fourth-order valence-corrected chi connectivity index (χ4v) is 3.84. The second-order valence-corrected chi connectivity index (χ2v) is 8.67. The lowest BCUT2D eigenvalue weighted by Crippen LogP contribution is -2.32. The highest BCUT2D eigenvalue weighted by atomic mass is 35.5. The highest BCUT2D eigenvalue weighted by Gasteiger charge is 2.27. The summed E-state index contributed by atoms with van der Waals surface area (Å²) in [5.74, 6) is 0.813. The fourth-order valence-electron chi connectivity index (χ4n) is 2.85. The molecule has 1 aromatic heterocycles. The van der Waals surface area contributed by atoms with Crippen LogP contribution in [0.1, 0.15) is 25.3 Å². The summed E-state index contributed by atoms with van der Waals surface area (Å²) in [6, 6.07) is 18.1. The Bertz CT molecular complexity index is 954. The number of thioether (sulfide) groups is 1. The number of carbonyl (C=O) groups is 1. The molecule has 3 aromatic rings. The highest BCUT2D eigenvalue weighted by molar-refractivity contribution is 8.00. The van der Waals surface area contributed by atoms with Gasteiger partial charge >= 0.3 is 0 Å². The average molecular weight is 413 g/mol. The van der Waals surface area contributed by atoms with Crippen LogP contribution in [-0.2, 0) is 11.3 Å². The van der Waals surface area contributed by atoms with Gasteiger partial charge in [0.2, 0.25) is 5.91 Å². The predicted molar refractivity (Wildman–Crippen MR) is 112 cm³/mol. The van der Waals surface area contributed by atoms with Gasteiger partial charge in [-0.1, -0.05) is 53.7 Å². The fraction of sp³-hybridized carbons (Fsp3) is 0.286. The molecule has 0 aliphatic heterocycles. The van der Waals surface area contributed by atoms with Crippen molar-refractivity contribution in [3.8, 4) is 11.4 Å². The van der Waals surface area contributed by atoms with Crippen molar-refractivity contribution in [3.05, 3.63) is 65.2 Å². The molecule has 4 rings (SSSR count). The zero-order valence-electron chi connectivity index (χ0n) is 15.5. The molecular formula is C21H21ClN4OS. The first-order valence-electron chi connectivity index (χ1n) is 9.30. The molecule has 1 heterocycles. The number of rotatable bonds is 7. The lowest BCUT2D eigenvalue weighted by atomic mass is 10.2. The van der Waals surface area contributed by atoms with Crippen LogP contribution in [0, 0.1) is 0 Å². The molecule has 1 saturated carbocycles. The number of benzene rings is 2. The largest absolute Gasteiger partial charge is 0.352 e. The molecule has 144 valence electrons. The molecule has 0 unspecified atom stereocenters. The Balaban J connectivity index is 1.63. The van der Waals surface area contributed by atoms with Gasteiger partial charge in [-0.25, -0.2) is 0 Å². The number of hydrogen-bond donors (Lipinski definition) is 1. The molecule has 28 heavy (non-hydrogen) atoms. The predicted octanol–water partition coefficient (Wildman–Crippen LogP) is 4.41. The monoisotopic (exact) mass is 412 g/mol. The van der Waals surface area contributed by atoms with E-state index in [1.807, 2.05) is 49.4 Å². The standard InChI is InChI=1S/C21H21ClN4OS/c1-14(20(27)23-18-11-12-18)28-21-25-24-19(16-7-9-17(22)10-8-16)26(21)13-15-5-3-2-4-6-15/h2-10,14,18H,11-13H2,1H3,(H,23,27)/t14-/m0/s1. The summed E-state index contributed by atoms with van der Waals surface area (Å²) in [6.45, 7) is 2.54. The molecule has 1 aliphatic rings. The minimum absolute atomic E-state index is 0.0507. The number of aromatic nitrogens is 3. The Labute approximate surface area is 173 Å². The first-order valence-corrected chi connectivity index (χ1v) is 10.6. The number of hydrogen-bond acceptors (Lipinski definition) is 4. The topological polar surface area (TPSA) is 59.8 Å². The third-order valence-corrected chi connectivity index (χ3v) is 5.91. The molecule has 7 heteroatoms. The van der Waals surface area contributed by atoms with Crippen molar-refractivity contribution >= 4 is 29.3 Å². The van der Waals surface area contributed by atoms with Crippen LogP contribution in [-0.4, -0.2) is 32.0 Å².